The molecule has 4 heteroatoms. The van der Waals surface area contributed by atoms with Crippen LogP contribution in [0.2, 0.25) is 0 Å². The second-order valence-corrected chi connectivity index (χ2v) is 11.0. The molecule has 4 saturated carbocycles. The van der Waals surface area contributed by atoms with Gasteiger partial charge in [-0.1, -0.05) is 19.9 Å². The summed E-state index contributed by atoms with van der Waals surface area (Å²) in [6.07, 6.45) is 10.5. The first kappa shape index (κ1) is 19.8. The molecule has 0 unspecified atom stereocenters. The maximum Gasteiger partial charge on any atom is 0.258 e. The van der Waals surface area contributed by atoms with Crippen molar-refractivity contribution in [1.29, 1.82) is 0 Å². The molecule has 4 nitrogen and oxygen atoms in total. The maximum absolute atomic E-state index is 13.4. The number of aromatic nitrogens is 1. The fourth-order valence-corrected chi connectivity index (χ4v) is 7.21. The molecule has 4 aliphatic rings. The Morgan fingerprint density at radius 2 is 1.70 bits per heavy atom. The van der Waals surface area contributed by atoms with Crippen molar-refractivity contribution >= 4 is 22.4 Å². The van der Waals surface area contributed by atoms with Crippen LogP contribution < -0.4 is 10.5 Å². The minimum absolute atomic E-state index is 0.0324. The van der Waals surface area contributed by atoms with E-state index >= 15 is 0 Å². The number of pyridine rings is 1. The fourth-order valence-electron chi connectivity index (χ4n) is 7.21. The standard InChI is InChI=1S/C26H34N2O2/c1-17(2)16-28-8-7-21-22(25(28)30)5-4-6-23(21)27(3)24(29)15-26-12-18-9-19(13-26)11-20(10-18)14-26/h4-8,17-20H,9-16H2,1-3H3. The highest BCUT2D eigenvalue weighted by molar-refractivity contribution is 6.03. The number of fused-ring (bicyclic) bond motifs is 1. The number of carbonyl (C=O) groups is 1. The second kappa shape index (κ2) is 7.25. The van der Waals surface area contributed by atoms with Crippen molar-refractivity contribution in [2.24, 2.45) is 29.1 Å². The molecule has 0 atom stereocenters. The number of rotatable bonds is 5. The quantitative estimate of drug-likeness (QED) is 0.682. The third-order valence-electron chi connectivity index (χ3n) is 7.98. The Morgan fingerprint density at radius 1 is 1.07 bits per heavy atom. The predicted octanol–water partition coefficient (Wildman–Crippen LogP) is 5.23. The molecule has 1 amide bonds. The maximum atomic E-state index is 13.4. The van der Waals surface area contributed by atoms with Gasteiger partial charge in [0.25, 0.3) is 5.56 Å². The number of nitrogens with zero attached hydrogens (tertiary/aromatic N) is 2. The summed E-state index contributed by atoms with van der Waals surface area (Å²) < 4.78 is 1.79. The molecule has 30 heavy (non-hydrogen) atoms. The van der Waals surface area contributed by atoms with Crippen LogP contribution in [-0.2, 0) is 11.3 Å². The zero-order valence-corrected chi connectivity index (χ0v) is 18.6. The SMILES string of the molecule is CC(C)Cn1ccc2c(N(C)C(=O)CC34CC5CC(CC(C5)C3)C4)cccc2c1=O. The molecule has 160 valence electrons. The van der Waals surface area contributed by atoms with Gasteiger partial charge in [0, 0.05) is 37.0 Å². The van der Waals surface area contributed by atoms with E-state index < -0.39 is 0 Å². The lowest BCUT2D eigenvalue weighted by Gasteiger charge is -2.56. The number of carbonyl (C=O) groups excluding carboxylic acids is 1. The second-order valence-electron chi connectivity index (χ2n) is 11.0. The molecule has 0 radical (unpaired) electrons. The average molecular weight is 407 g/mol. The first-order valence-corrected chi connectivity index (χ1v) is 11.7. The zero-order valence-electron chi connectivity index (χ0n) is 18.6. The molecule has 0 saturated heterocycles. The van der Waals surface area contributed by atoms with Crippen molar-refractivity contribution in [1.82, 2.24) is 4.57 Å². The topological polar surface area (TPSA) is 42.3 Å². The predicted molar refractivity (Wildman–Crippen MR) is 122 cm³/mol. The van der Waals surface area contributed by atoms with Gasteiger partial charge in [0.05, 0.1) is 5.69 Å². The molecule has 4 fully saturated rings. The summed E-state index contributed by atoms with van der Waals surface area (Å²) in [5.41, 5.74) is 1.12. The van der Waals surface area contributed by atoms with Crippen LogP contribution in [0, 0.1) is 29.1 Å². The number of amides is 1. The largest absolute Gasteiger partial charge is 0.315 e. The van der Waals surface area contributed by atoms with E-state index in [-0.39, 0.29) is 16.9 Å². The lowest BCUT2D eigenvalue weighted by atomic mass is 9.49. The Kier molecular flexibility index (Phi) is 4.79. The summed E-state index contributed by atoms with van der Waals surface area (Å²) in [5.74, 6) is 3.17. The number of hydrogen-bond acceptors (Lipinski definition) is 2. The number of anilines is 1. The van der Waals surface area contributed by atoms with E-state index in [1.54, 1.807) is 4.57 Å². The van der Waals surface area contributed by atoms with E-state index in [0.29, 0.717) is 24.3 Å². The van der Waals surface area contributed by atoms with Gasteiger partial charge in [-0.2, -0.15) is 0 Å². The molecule has 0 N–H and O–H groups in total. The van der Waals surface area contributed by atoms with Crippen LogP contribution in [0.3, 0.4) is 0 Å². The van der Waals surface area contributed by atoms with Crippen LogP contribution in [0.25, 0.3) is 10.8 Å². The molecule has 0 aliphatic heterocycles. The van der Waals surface area contributed by atoms with Crippen molar-refractivity contribution in [2.75, 3.05) is 11.9 Å². The van der Waals surface area contributed by atoms with E-state index in [4.69, 9.17) is 0 Å². The fraction of sp³-hybridized carbons (Fsp3) is 0.615. The summed E-state index contributed by atoms with van der Waals surface area (Å²) in [6, 6.07) is 7.78. The highest BCUT2D eigenvalue weighted by Gasteiger charge is 2.51. The third kappa shape index (κ3) is 3.38. The summed E-state index contributed by atoms with van der Waals surface area (Å²) in [6.45, 7) is 4.94. The van der Waals surface area contributed by atoms with E-state index in [0.717, 1.165) is 28.8 Å². The summed E-state index contributed by atoms with van der Waals surface area (Å²) in [5, 5.41) is 1.58. The number of benzene rings is 1. The van der Waals surface area contributed by atoms with Crippen LogP contribution in [0.15, 0.2) is 35.3 Å². The molecular weight excluding hydrogens is 372 g/mol. The minimum atomic E-state index is 0.0324. The number of hydrogen-bond donors (Lipinski definition) is 0. The van der Waals surface area contributed by atoms with Gasteiger partial charge in [0.1, 0.15) is 0 Å². The molecule has 4 bridgehead atoms. The first-order valence-electron chi connectivity index (χ1n) is 11.7. The highest BCUT2D eigenvalue weighted by Crippen LogP contribution is 2.61. The Bertz CT molecular complexity index is 1000. The van der Waals surface area contributed by atoms with Crippen LogP contribution in [0.5, 0.6) is 0 Å². The van der Waals surface area contributed by atoms with E-state index in [1.807, 2.05) is 42.4 Å². The highest BCUT2D eigenvalue weighted by atomic mass is 16.2. The lowest BCUT2D eigenvalue weighted by molar-refractivity contribution is -0.126. The van der Waals surface area contributed by atoms with Gasteiger partial charge in [-0.25, -0.2) is 0 Å². The van der Waals surface area contributed by atoms with Crippen molar-refractivity contribution in [2.45, 2.75) is 65.3 Å². The van der Waals surface area contributed by atoms with Crippen LogP contribution in [0.1, 0.15) is 58.8 Å². The van der Waals surface area contributed by atoms with Crippen molar-refractivity contribution in [3.63, 3.8) is 0 Å². The normalized spacial score (nSPS) is 29.7. The van der Waals surface area contributed by atoms with Crippen LogP contribution in [-0.4, -0.2) is 17.5 Å². The Labute approximate surface area is 179 Å². The zero-order chi connectivity index (χ0) is 21.0. The molecular formula is C26H34N2O2. The summed E-state index contributed by atoms with van der Waals surface area (Å²) in [7, 11) is 1.89. The summed E-state index contributed by atoms with van der Waals surface area (Å²) >= 11 is 0. The molecule has 1 aromatic carbocycles. The first-order chi connectivity index (χ1) is 14.3. The average Bonchev–Trinajstić information content (AvgIpc) is 2.67. The van der Waals surface area contributed by atoms with Gasteiger partial charge >= 0.3 is 0 Å². The van der Waals surface area contributed by atoms with Gasteiger partial charge in [-0.05, 0) is 85.8 Å². The van der Waals surface area contributed by atoms with Gasteiger partial charge in [-0.3, -0.25) is 9.59 Å². The van der Waals surface area contributed by atoms with Gasteiger partial charge in [-0.15, -0.1) is 0 Å². The Hall–Kier alpha value is -2.10. The van der Waals surface area contributed by atoms with E-state index in [2.05, 4.69) is 13.8 Å². The van der Waals surface area contributed by atoms with Crippen LogP contribution >= 0.6 is 0 Å². The lowest BCUT2D eigenvalue weighted by Crippen LogP contribution is -2.48. The smallest absolute Gasteiger partial charge is 0.258 e. The molecule has 0 spiro atoms. The van der Waals surface area contributed by atoms with Crippen molar-refractivity contribution < 1.29 is 4.79 Å². The Balaban J connectivity index is 1.42. The molecule has 4 aliphatic carbocycles. The van der Waals surface area contributed by atoms with Crippen molar-refractivity contribution in [3.05, 3.63) is 40.8 Å². The van der Waals surface area contributed by atoms with Gasteiger partial charge in [0.15, 0.2) is 0 Å². The molecule has 1 aromatic heterocycles. The van der Waals surface area contributed by atoms with E-state index in [9.17, 15) is 9.59 Å². The summed E-state index contributed by atoms with van der Waals surface area (Å²) in [4.78, 5) is 28.2. The van der Waals surface area contributed by atoms with E-state index in [1.165, 1.54) is 38.5 Å². The third-order valence-corrected chi connectivity index (χ3v) is 7.98. The van der Waals surface area contributed by atoms with Gasteiger partial charge < -0.3 is 9.47 Å². The minimum Gasteiger partial charge on any atom is -0.315 e. The van der Waals surface area contributed by atoms with Crippen molar-refractivity contribution in [3.8, 4) is 0 Å². The molecule has 6 rings (SSSR count). The van der Waals surface area contributed by atoms with Crippen LogP contribution in [0.4, 0.5) is 5.69 Å². The monoisotopic (exact) mass is 406 g/mol. The van der Waals surface area contributed by atoms with Gasteiger partial charge in [0.2, 0.25) is 5.91 Å². The molecule has 2 aromatic rings. The Morgan fingerprint density at radius 3 is 2.30 bits per heavy atom. The molecule has 1 heterocycles.